The molecule has 26 heavy (non-hydrogen) atoms. The Kier molecular flexibility index (Phi) is 4.20. The second-order valence-corrected chi connectivity index (χ2v) is 8.53. The highest BCUT2D eigenvalue weighted by molar-refractivity contribution is 7.19. The first-order chi connectivity index (χ1) is 12.8. The van der Waals surface area contributed by atoms with E-state index in [4.69, 9.17) is 4.74 Å². The van der Waals surface area contributed by atoms with Crippen molar-refractivity contribution in [2.45, 2.75) is 12.5 Å². The minimum absolute atomic E-state index is 0.472. The molecule has 0 spiro atoms. The molecule has 1 unspecified atom stereocenters. The minimum atomic E-state index is 0.472. The van der Waals surface area contributed by atoms with Crippen LogP contribution in [0.1, 0.15) is 21.9 Å². The van der Waals surface area contributed by atoms with Gasteiger partial charge >= 0.3 is 0 Å². The number of thiophene rings is 1. The zero-order chi connectivity index (χ0) is 17.5. The summed E-state index contributed by atoms with van der Waals surface area (Å²) < 4.78 is 6.90. The topological polar surface area (TPSA) is 15.7 Å². The molecule has 0 aliphatic carbocycles. The number of anilines is 1. The van der Waals surface area contributed by atoms with Crippen molar-refractivity contribution in [3.05, 3.63) is 64.5 Å². The maximum absolute atomic E-state index is 5.51. The standard InChI is InChI=1S/C22H24N2OS/c1-23-14-17-12-18(24-8-10-25-11-9-24)6-7-19(17)20(15-23)22-13-16-4-2-3-5-21(16)26-22/h2-7,12-13,20H,8-11,14-15H2,1H3. The van der Waals surface area contributed by atoms with Crippen LogP contribution in [0.3, 0.4) is 0 Å². The Bertz CT molecular complexity index is 896. The molecule has 0 bridgehead atoms. The summed E-state index contributed by atoms with van der Waals surface area (Å²) in [5.41, 5.74) is 4.33. The Morgan fingerprint density at radius 3 is 2.73 bits per heavy atom. The van der Waals surface area contributed by atoms with Gasteiger partial charge in [-0.1, -0.05) is 24.3 Å². The quantitative estimate of drug-likeness (QED) is 0.674. The van der Waals surface area contributed by atoms with Crippen molar-refractivity contribution in [3.8, 4) is 0 Å². The second-order valence-electron chi connectivity index (χ2n) is 7.42. The van der Waals surface area contributed by atoms with E-state index in [2.05, 4.69) is 65.4 Å². The molecule has 2 aliphatic rings. The number of rotatable bonds is 2. The lowest BCUT2D eigenvalue weighted by Crippen LogP contribution is -2.36. The van der Waals surface area contributed by atoms with Gasteiger partial charge in [-0.05, 0) is 47.8 Å². The third-order valence-corrected chi connectivity index (χ3v) is 6.83. The molecule has 2 aliphatic heterocycles. The third-order valence-electron chi connectivity index (χ3n) is 5.60. The lowest BCUT2D eigenvalue weighted by Gasteiger charge is -2.34. The Hall–Kier alpha value is -1.88. The molecule has 0 radical (unpaired) electrons. The molecule has 3 heterocycles. The van der Waals surface area contributed by atoms with E-state index in [0.29, 0.717) is 5.92 Å². The molecule has 1 saturated heterocycles. The smallest absolute Gasteiger partial charge is 0.0642 e. The first-order valence-electron chi connectivity index (χ1n) is 9.40. The van der Waals surface area contributed by atoms with Crippen molar-refractivity contribution in [3.63, 3.8) is 0 Å². The highest BCUT2D eigenvalue weighted by atomic mass is 32.1. The van der Waals surface area contributed by atoms with E-state index < -0.39 is 0 Å². The molecule has 1 fully saturated rings. The number of hydrogen-bond donors (Lipinski definition) is 0. The van der Waals surface area contributed by atoms with Crippen LogP contribution in [0.15, 0.2) is 48.5 Å². The molecular formula is C22H24N2OS. The van der Waals surface area contributed by atoms with Gasteiger partial charge in [0.05, 0.1) is 13.2 Å². The van der Waals surface area contributed by atoms with Crippen molar-refractivity contribution in [1.29, 1.82) is 0 Å². The molecule has 3 aromatic rings. The van der Waals surface area contributed by atoms with Crippen LogP contribution >= 0.6 is 11.3 Å². The van der Waals surface area contributed by atoms with Crippen LogP contribution in [0.2, 0.25) is 0 Å². The SMILES string of the molecule is CN1Cc2cc(N3CCOCC3)ccc2C(c2cc3ccccc3s2)C1. The first kappa shape index (κ1) is 16.3. The molecule has 4 heteroatoms. The average Bonchev–Trinajstić information content (AvgIpc) is 3.11. The maximum atomic E-state index is 5.51. The molecule has 0 N–H and O–H groups in total. The van der Waals surface area contributed by atoms with Gasteiger partial charge in [0, 0.05) is 47.4 Å². The molecule has 0 amide bonds. The van der Waals surface area contributed by atoms with Crippen molar-refractivity contribution in [1.82, 2.24) is 4.90 Å². The lowest BCUT2D eigenvalue weighted by atomic mass is 9.88. The van der Waals surface area contributed by atoms with Gasteiger partial charge in [0.2, 0.25) is 0 Å². The van der Waals surface area contributed by atoms with E-state index in [9.17, 15) is 0 Å². The zero-order valence-corrected chi connectivity index (χ0v) is 16.0. The number of nitrogens with zero attached hydrogens (tertiary/aromatic N) is 2. The van der Waals surface area contributed by atoms with E-state index in [1.54, 1.807) is 0 Å². The number of hydrogen-bond acceptors (Lipinski definition) is 4. The van der Waals surface area contributed by atoms with Gasteiger partial charge in [-0.15, -0.1) is 11.3 Å². The molecule has 5 rings (SSSR count). The van der Waals surface area contributed by atoms with Crippen LogP contribution in [0.4, 0.5) is 5.69 Å². The summed E-state index contributed by atoms with van der Waals surface area (Å²) >= 11 is 1.95. The van der Waals surface area contributed by atoms with Gasteiger partial charge in [-0.25, -0.2) is 0 Å². The van der Waals surface area contributed by atoms with Crippen molar-refractivity contribution < 1.29 is 4.74 Å². The van der Waals surface area contributed by atoms with Gasteiger partial charge in [0.25, 0.3) is 0 Å². The Morgan fingerprint density at radius 1 is 1.04 bits per heavy atom. The summed E-state index contributed by atoms with van der Waals surface area (Å²) in [5.74, 6) is 0.472. The summed E-state index contributed by atoms with van der Waals surface area (Å²) in [6.45, 7) is 5.79. The van der Waals surface area contributed by atoms with Crippen LogP contribution in [-0.2, 0) is 11.3 Å². The largest absolute Gasteiger partial charge is 0.378 e. The number of likely N-dealkylation sites (N-methyl/N-ethyl adjacent to an activating group) is 1. The Balaban J connectivity index is 1.53. The normalized spacial score (nSPS) is 21.1. The van der Waals surface area contributed by atoms with Gasteiger partial charge in [-0.2, -0.15) is 0 Å². The van der Waals surface area contributed by atoms with Crippen molar-refractivity contribution in [2.24, 2.45) is 0 Å². The fourth-order valence-corrected chi connectivity index (χ4v) is 5.45. The minimum Gasteiger partial charge on any atom is -0.378 e. The van der Waals surface area contributed by atoms with Crippen LogP contribution in [0.5, 0.6) is 0 Å². The average molecular weight is 365 g/mol. The van der Waals surface area contributed by atoms with Crippen LogP contribution in [0.25, 0.3) is 10.1 Å². The second kappa shape index (κ2) is 6.69. The van der Waals surface area contributed by atoms with Gasteiger partial charge < -0.3 is 14.5 Å². The van der Waals surface area contributed by atoms with Crippen LogP contribution < -0.4 is 4.90 Å². The molecule has 2 aromatic carbocycles. The van der Waals surface area contributed by atoms with E-state index in [-0.39, 0.29) is 0 Å². The van der Waals surface area contributed by atoms with E-state index >= 15 is 0 Å². The highest BCUT2D eigenvalue weighted by Gasteiger charge is 2.27. The Morgan fingerprint density at radius 2 is 1.88 bits per heavy atom. The fraction of sp³-hybridized carbons (Fsp3) is 0.364. The highest BCUT2D eigenvalue weighted by Crippen LogP contribution is 2.39. The third kappa shape index (κ3) is 2.92. The summed E-state index contributed by atoms with van der Waals surface area (Å²) in [5, 5.41) is 1.37. The molecule has 1 atom stereocenters. The van der Waals surface area contributed by atoms with Crippen molar-refractivity contribution >= 4 is 27.1 Å². The molecule has 3 nitrogen and oxygen atoms in total. The summed E-state index contributed by atoms with van der Waals surface area (Å²) in [4.78, 5) is 6.39. The number of benzene rings is 2. The van der Waals surface area contributed by atoms with E-state index in [1.165, 1.54) is 31.8 Å². The summed E-state index contributed by atoms with van der Waals surface area (Å²) in [6.07, 6.45) is 0. The monoisotopic (exact) mass is 364 g/mol. The molecule has 134 valence electrons. The van der Waals surface area contributed by atoms with Gasteiger partial charge in [-0.3, -0.25) is 0 Å². The number of fused-ring (bicyclic) bond motifs is 2. The summed E-state index contributed by atoms with van der Waals surface area (Å²) in [6, 6.07) is 18.2. The molecule has 0 saturated carbocycles. The molecule has 1 aromatic heterocycles. The number of ether oxygens (including phenoxy) is 1. The van der Waals surface area contributed by atoms with Crippen LogP contribution in [-0.4, -0.2) is 44.8 Å². The summed E-state index contributed by atoms with van der Waals surface area (Å²) in [7, 11) is 2.24. The zero-order valence-electron chi connectivity index (χ0n) is 15.1. The van der Waals surface area contributed by atoms with Crippen molar-refractivity contribution in [2.75, 3.05) is 44.8 Å². The molecular weight excluding hydrogens is 340 g/mol. The van der Waals surface area contributed by atoms with E-state index in [0.717, 1.165) is 39.4 Å². The predicted molar refractivity (Wildman–Crippen MR) is 109 cm³/mol. The van der Waals surface area contributed by atoms with Gasteiger partial charge in [0.15, 0.2) is 0 Å². The fourth-order valence-electron chi connectivity index (χ4n) is 4.27. The van der Waals surface area contributed by atoms with E-state index in [1.807, 2.05) is 11.3 Å². The first-order valence-corrected chi connectivity index (χ1v) is 10.2. The van der Waals surface area contributed by atoms with Crippen LogP contribution in [0, 0.1) is 0 Å². The van der Waals surface area contributed by atoms with Gasteiger partial charge in [0.1, 0.15) is 0 Å². The number of morpholine rings is 1. The Labute approximate surface area is 158 Å². The maximum Gasteiger partial charge on any atom is 0.0642 e. The predicted octanol–water partition coefficient (Wildman–Crippen LogP) is 4.32. The lowest BCUT2D eigenvalue weighted by molar-refractivity contribution is 0.122.